The summed E-state index contributed by atoms with van der Waals surface area (Å²) in [7, 11) is 3.68. The zero-order valence-corrected chi connectivity index (χ0v) is 6.48. The van der Waals surface area contributed by atoms with Crippen molar-refractivity contribution in [2.45, 2.75) is 6.92 Å². The van der Waals surface area contributed by atoms with Crippen LogP contribution in [0.25, 0.3) is 0 Å². The van der Waals surface area contributed by atoms with Crippen LogP contribution >= 0.6 is 0 Å². The van der Waals surface area contributed by atoms with Crippen LogP contribution in [-0.2, 0) is 4.74 Å². The SMILES string of the molecule is C=C(CN(C)CC)OC. The summed E-state index contributed by atoms with van der Waals surface area (Å²) in [6.07, 6.45) is 0. The summed E-state index contributed by atoms with van der Waals surface area (Å²) in [4.78, 5) is 2.13. The standard InChI is InChI=1S/C7H15NO/c1-5-8(3)6-7(2)9-4/h2,5-6H2,1,3-4H3. The van der Waals surface area contributed by atoms with Gasteiger partial charge in [0.05, 0.1) is 13.7 Å². The van der Waals surface area contributed by atoms with Gasteiger partial charge in [0, 0.05) is 0 Å². The van der Waals surface area contributed by atoms with Crippen molar-refractivity contribution in [2.75, 3.05) is 27.2 Å². The second kappa shape index (κ2) is 4.39. The van der Waals surface area contributed by atoms with Gasteiger partial charge >= 0.3 is 0 Å². The molecule has 0 unspecified atom stereocenters. The minimum atomic E-state index is 0.819. The lowest BCUT2D eigenvalue weighted by molar-refractivity contribution is 0.240. The molecule has 0 rings (SSSR count). The summed E-state index contributed by atoms with van der Waals surface area (Å²) in [6.45, 7) is 7.65. The molecule has 0 saturated heterocycles. The summed E-state index contributed by atoms with van der Waals surface area (Å²) < 4.78 is 4.89. The lowest BCUT2D eigenvalue weighted by Gasteiger charge is -2.13. The molecule has 2 nitrogen and oxygen atoms in total. The van der Waals surface area contributed by atoms with Crippen molar-refractivity contribution in [1.82, 2.24) is 4.90 Å². The van der Waals surface area contributed by atoms with Crippen LogP contribution in [0.5, 0.6) is 0 Å². The first-order valence-corrected chi connectivity index (χ1v) is 3.11. The molecule has 0 aliphatic rings. The molecule has 0 aliphatic carbocycles. The first-order chi connectivity index (χ1) is 4.20. The van der Waals surface area contributed by atoms with Crippen molar-refractivity contribution in [2.24, 2.45) is 0 Å². The summed E-state index contributed by atoms with van der Waals surface area (Å²) in [5, 5.41) is 0. The van der Waals surface area contributed by atoms with Gasteiger partial charge in [-0.2, -0.15) is 0 Å². The average molecular weight is 129 g/mol. The Labute approximate surface area is 57.1 Å². The van der Waals surface area contributed by atoms with E-state index in [0.29, 0.717) is 0 Å². The fraction of sp³-hybridized carbons (Fsp3) is 0.714. The minimum Gasteiger partial charge on any atom is -0.500 e. The van der Waals surface area contributed by atoms with Gasteiger partial charge in [-0.3, -0.25) is 4.90 Å². The van der Waals surface area contributed by atoms with E-state index in [1.165, 1.54) is 0 Å². The Morgan fingerprint density at radius 3 is 2.56 bits per heavy atom. The fourth-order valence-corrected chi connectivity index (χ4v) is 0.477. The van der Waals surface area contributed by atoms with E-state index in [9.17, 15) is 0 Å². The molecule has 0 atom stereocenters. The Kier molecular flexibility index (Phi) is 4.14. The zero-order chi connectivity index (χ0) is 7.28. The molecule has 0 radical (unpaired) electrons. The normalized spacial score (nSPS) is 9.78. The molecule has 54 valence electrons. The highest BCUT2D eigenvalue weighted by Gasteiger charge is 1.95. The van der Waals surface area contributed by atoms with Crippen molar-refractivity contribution < 1.29 is 4.74 Å². The van der Waals surface area contributed by atoms with Gasteiger partial charge in [-0.05, 0) is 13.6 Å². The number of likely N-dealkylation sites (N-methyl/N-ethyl adjacent to an activating group) is 1. The largest absolute Gasteiger partial charge is 0.500 e. The molecular weight excluding hydrogens is 114 g/mol. The van der Waals surface area contributed by atoms with Gasteiger partial charge in [0.2, 0.25) is 0 Å². The van der Waals surface area contributed by atoms with Crippen molar-refractivity contribution in [3.63, 3.8) is 0 Å². The lowest BCUT2D eigenvalue weighted by Crippen LogP contribution is -2.20. The molecular formula is C7H15NO. The highest BCUT2D eigenvalue weighted by atomic mass is 16.5. The van der Waals surface area contributed by atoms with Gasteiger partial charge in [0.1, 0.15) is 5.76 Å². The number of ether oxygens (including phenoxy) is 1. The highest BCUT2D eigenvalue weighted by molar-refractivity contribution is 4.84. The van der Waals surface area contributed by atoms with Crippen LogP contribution in [0.1, 0.15) is 6.92 Å². The van der Waals surface area contributed by atoms with Gasteiger partial charge < -0.3 is 4.74 Å². The maximum Gasteiger partial charge on any atom is 0.102 e. The Morgan fingerprint density at radius 2 is 2.22 bits per heavy atom. The van der Waals surface area contributed by atoms with Gasteiger partial charge in [-0.25, -0.2) is 0 Å². The number of hydrogen-bond acceptors (Lipinski definition) is 2. The third kappa shape index (κ3) is 4.03. The number of rotatable bonds is 4. The van der Waals surface area contributed by atoms with Gasteiger partial charge in [-0.1, -0.05) is 13.5 Å². The van der Waals surface area contributed by atoms with Crippen molar-refractivity contribution in [3.8, 4) is 0 Å². The average Bonchev–Trinajstić information content (AvgIpc) is 1.87. The highest BCUT2D eigenvalue weighted by Crippen LogP contribution is 1.92. The van der Waals surface area contributed by atoms with E-state index >= 15 is 0 Å². The molecule has 0 saturated carbocycles. The van der Waals surface area contributed by atoms with Crippen LogP contribution in [0.2, 0.25) is 0 Å². The fourth-order valence-electron chi connectivity index (χ4n) is 0.477. The quantitative estimate of drug-likeness (QED) is 0.527. The Balaban J connectivity index is 3.34. The predicted octanol–water partition coefficient (Wildman–Crippen LogP) is 1.10. The third-order valence-corrected chi connectivity index (χ3v) is 1.27. The maximum atomic E-state index is 4.89. The lowest BCUT2D eigenvalue weighted by atomic mass is 10.5. The second-order valence-corrected chi connectivity index (χ2v) is 2.07. The van der Waals surface area contributed by atoms with Gasteiger partial charge in [-0.15, -0.1) is 0 Å². The van der Waals surface area contributed by atoms with Crippen molar-refractivity contribution in [1.29, 1.82) is 0 Å². The van der Waals surface area contributed by atoms with Crippen molar-refractivity contribution in [3.05, 3.63) is 12.3 Å². The maximum absolute atomic E-state index is 4.89. The van der Waals surface area contributed by atoms with Crippen LogP contribution < -0.4 is 0 Å². The van der Waals surface area contributed by atoms with Crippen molar-refractivity contribution >= 4 is 0 Å². The summed E-state index contributed by atoms with van der Waals surface area (Å²) in [5.41, 5.74) is 0. The summed E-state index contributed by atoms with van der Waals surface area (Å²) >= 11 is 0. The Bertz CT molecular complexity index is 90.9. The predicted molar refractivity (Wildman–Crippen MR) is 39.3 cm³/mol. The smallest absolute Gasteiger partial charge is 0.102 e. The number of hydrogen-bond donors (Lipinski definition) is 0. The monoisotopic (exact) mass is 129 g/mol. The summed E-state index contributed by atoms with van der Waals surface area (Å²) in [6, 6.07) is 0. The molecule has 9 heavy (non-hydrogen) atoms. The third-order valence-electron chi connectivity index (χ3n) is 1.27. The van der Waals surface area contributed by atoms with E-state index in [4.69, 9.17) is 4.74 Å². The molecule has 0 aromatic rings. The second-order valence-electron chi connectivity index (χ2n) is 2.07. The number of nitrogens with zero attached hydrogens (tertiary/aromatic N) is 1. The Hall–Kier alpha value is -0.500. The molecule has 0 aliphatic heterocycles. The molecule has 0 N–H and O–H groups in total. The van der Waals surface area contributed by atoms with E-state index in [1.54, 1.807) is 7.11 Å². The summed E-state index contributed by atoms with van der Waals surface area (Å²) in [5.74, 6) is 0.819. The molecule has 0 fully saturated rings. The first-order valence-electron chi connectivity index (χ1n) is 3.11. The van der Waals surface area contributed by atoms with Crippen LogP contribution in [0, 0.1) is 0 Å². The molecule has 2 heteroatoms. The van der Waals surface area contributed by atoms with E-state index in [0.717, 1.165) is 18.8 Å². The zero-order valence-electron chi connectivity index (χ0n) is 6.48. The van der Waals surface area contributed by atoms with E-state index < -0.39 is 0 Å². The van der Waals surface area contributed by atoms with Gasteiger partial charge in [0.15, 0.2) is 0 Å². The molecule has 0 aromatic carbocycles. The molecule has 0 heterocycles. The minimum absolute atomic E-state index is 0.819. The molecule has 0 aromatic heterocycles. The van der Waals surface area contributed by atoms with Crippen LogP contribution in [0.3, 0.4) is 0 Å². The van der Waals surface area contributed by atoms with Crippen LogP contribution in [0.15, 0.2) is 12.3 Å². The van der Waals surface area contributed by atoms with Crippen LogP contribution in [-0.4, -0.2) is 32.1 Å². The molecule has 0 amide bonds. The molecule has 0 spiro atoms. The van der Waals surface area contributed by atoms with Crippen LogP contribution in [0.4, 0.5) is 0 Å². The number of methoxy groups -OCH3 is 1. The topological polar surface area (TPSA) is 12.5 Å². The van der Waals surface area contributed by atoms with E-state index in [-0.39, 0.29) is 0 Å². The van der Waals surface area contributed by atoms with Gasteiger partial charge in [0.25, 0.3) is 0 Å². The Morgan fingerprint density at radius 1 is 1.67 bits per heavy atom. The van der Waals surface area contributed by atoms with E-state index in [1.807, 2.05) is 7.05 Å². The van der Waals surface area contributed by atoms with E-state index in [2.05, 4.69) is 18.4 Å². The first kappa shape index (κ1) is 8.50. The molecule has 0 bridgehead atoms.